The van der Waals surface area contributed by atoms with Gasteiger partial charge < -0.3 is 15.1 Å². The van der Waals surface area contributed by atoms with Gasteiger partial charge in [0, 0.05) is 42.6 Å². The van der Waals surface area contributed by atoms with Crippen molar-refractivity contribution in [3.8, 4) is 0 Å². The molecule has 0 unspecified atom stereocenters. The number of aryl methyl sites for hydroxylation is 1. The molecule has 1 heterocycles. The number of piperazine rings is 1. The van der Waals surface area contributed by atoms with Crippen molar-refractivity contribution in [1.29, 1.82) is 0 Å². The molecule has 2 aromatic rings. The Morgan fingerprint density at radius 2 is 1.70 bits per heavy atom. The van der Waals surface area contributed by atoms with Gasteiger partial charge in [-0.15, -0.1) is 0 Å². The molecule has 3 rings (SSSR count). The molecule has 0 spiro atoms. The van der Waals surface area contributed by atoms with E-state index in [0.29, 0.717) is 13.1 Å². The Bertz CT molecular complexity index is 821. The molecular weight excluding hydrogens is 358 g/mol. The fraction of sp³-hybridized carbons (Fsp3) is 0.409. The summed E-state index contributed by atoms with van der Waals surface area (Å²) in [5, 5.41) is 3.90. The fourth-order valence-electron chi connectivity index (χ4n) is 3.49. The van der Waals surface area contributed by atoms with E-state index in [1.54, 1.807) is 0 Å². The molecule has 1 N–H and O–H groups in total. The maximum atomic E-state index is 12.9. The van der Waals surface area contributed by atoms with Crippen LogP contribution in [0.1, 0.15) is 31.9 Å². The van der Waals surface area contributed by atoms with Gasteiger partial charge in [0.25, 0.3) is 0 Å². The zero-order valence-electron chi connectivity index (χ0n) is 16.6. The van der Waals surface area contributed by atoms with Crippen LogP contribution in [0.15, 0.2) is 42.5 Å². The first kappa shape index (κ1) is 19.6. The predicted molar refractivity (Wildman–Crippen MR) is 114 cm³/mol. The van der Waals surface area contributed by atoms with Crippen LogP contribution in [-0.4, -0.2) is 37.1 Å². The first-order valence-electron chi connectivity index (χ1n) is 9.42. The summed E-state index contributed by atoms with van der Waals surface area (Å²) in [6.45, 7) is 11.5. The van der Waals surface area contributed by atoms with Crippen molar-refractivity contribution < 1.29 is 4.79 Å². The number of amides is 2. The van der Waals surface area contributed by atoms with E-state index in [0.717, 1.165) is 40.6 Å². The lowest BCUT2D eigenvalue weighted by Crippen LogP contribution is -2.50. The van der Waals surface area contributed by atoms with Crippen LogP contribution in [-0.2, 0) is 5.41 Å². The zero-order valence-corrected chi connectivity index (χ0v) is 17.3. The van der Waals surface area contributed by atoms with Crippen LogP contribution in [0.25, 0.3) is 0 Å². The van der Waals surface area contributed by atoms with Crippen LogP contribution in [0.2, 0.25) is 5.02 Å². The summed E-state index contributed by atoms with van der Waals surface area (Å²) in [6, 6.07) is 14.0. The van der Waals surface area contributed by atoms with E-state index in [1.165, 1.54) is 0 Å². The van der Waals surface area contributed by atoms with Gasteiger partial charge in [0.05, 0.1) is 0 Å². The Labute approximate surface area is 167 Å². The normalized spacial score (nSPS) is 15.0. The van der Waals surface area contributed by atoms with Crippen molar-refractivity contribution in [3.63, 3.8) is 0 Å². The standard InChI is InChI=1S/C22H28ClN3O/c1-16-7-5-10-19(22(2,3)4)20(16)24-21(27)26-13-11-25(12-14-26)18-9-6-8-17(23)15-18/h5-10,15H,11-14H2,1-4H3,(H,24,27). The number of hydrogen-bond donors (Lipinski definition) is 1. The van der Waals surface area contributed by atoms with Crippen LogP contribution < -0.4 is 10.2 Å². The topological polar surface area (TPSA) is 35.6 Å². The monoisotopic (exact) mass is 385 g/mol. The molecule has 27 heavy (non-hydrogen) atoms. The zero-order chi connectivity index (χ0) is 19.6. The predicted octanol–water partition coefficient (Wildman–Crippen LogP) is 5.30. The third-order valence-electron chi connectivity index (χ3n) is 5.05. The number of halogens is 1. The average Bonchev–Trinajstić information content (AvgIpc) is 2.62. The van der Waals surface area contributed by atoms with Crippen LogP contribution in [0.4, 0.5) is 16.2 Å². The summed E-state index contributed by atoms with van der Waals surface area (Å²) >= 11 is 6.10. The van der Waals surface area contributed by atoms with E-state index >= 15 is 0 Å². The van der Waals surface area contributed by atoms with Crippen molar-refractivity contribution >= 4 is 29.0 Å². The molecule has 5 heteroatoms. The number of rotatable bonds is 2. The Balaban J connectivity index is 1.67. The number of anilines is 2. The summed E-state index contributed by atoms with van der Waals surface area (Å²) in [6.07, 6.45) is 0. The van der Waals surface area contributed by atoms with Crippen molar-refractivity contribution in [2.45, 2.75) is 33.1 Å². The molecule has 0 saturated carbocycles. The van der Waals surface area contributed by atoms with E-state index in [-0.39, 0.29) is 11.4 Å². The highest BCUT2D eigenvalue weighted by atomic mass is 35.5. The number of urea groups is 1. The van der Waals surface area contributed by atoms with E-state index in [1.807, 2.05) is 36.1 Å². The van der Waals surface area contributed by atoms with Gasteiger partial charge in [0.15, 0.2) is 0 Å². The second-order valence-corrected chi connectivity index (χ2v) is 8.57. The Morgan fingerprint density at radius 3 is 2.33 bits per heavy atom. The van der Waals surface area contributed by atoms with Gasteiger partial charge in [-0.2, -0.15) is 0 Å². The van der Waals surface area contributed by atoms with Gasteiger partial charge in [0.1, 0.15) is 0 Å². The number of benzene rings is 2. The minimum atomic E-state index is -0.0279. The highest BCUT2D eigenvalue weighted by molar-refractivity contribution is 6.30. The second kappa shape index (κ2) is 7.81. The molecule has 0 radical (unpaired) electrons. The molecule has 2 aromatic carbocycles. The number of carbonyl (C=O) groups is 1. The quantitative estimate of drug-likeness (QED) is 0.761. The van der Waals surface area contributed by atoms with Crippen molar-refractivity contribution in [2.24, 2.45) is 0 Å². The molecule has 1 aliphatic heterocycles. The smallest absolute Gasteiger partial charge is 0.321 e. The number of nitrogens with one attached hydrogen (secondary N) is 1. The van der Waals surface area contributed by atoms with Gasteiger partial charge >= 0.3 is 6.03 Å². The van der Waals surface area contributed by atoms with Crippen LogP contribution in [0, 0.1) is 6.92 Å². The minimum Gasteiger partial charge on any atom is -0.368 e. The highest BCUT2D eigenvalue weighted by Gasteiger charge is 2.25. The van der Waals surface area contributed by atoms with Gasteiger partial charge in [-0.1, -0.05) is 56.6 Å². The summed E-state index contributed by atoms with van der Waals surface area (Å²) in [4.78, 5) is 17.0. The number of carbonyl (C=O) groups excluding carboxylic acids is 1. The molecule has 0 bridgehead atoms. The SMILES string of the molecule is Cc1cccc(C(C)(C)C)c1NC(=O)N1CCN(c2cccc(Cl)c2)CC1. The molecule has 144 valence electrons. The highest BCUT2D eigenvalue weighted by Crippen LogP contribution is 2.32. The summed E-state index contributed by atoms with van der Waals surface area (Å²) in [5.41, 5.74) is 4.27. The van der Waals surface area contributed by atoms with Gasteiger partial charge in [0.2, 0.25) is 0 Å². The maximum Gasteiger partial charge on any atom is 0.321 e. The Kier molecular flexibility index (Phi) is 5.66. The summed E-state index contributed by atoms with van der Waals surface area (Å²) < 4.78 is 0. The molecule has 1 aliphatic rings. The lowest BCUT2D eigenvalue weighted by Gasteiger charge is -2.36. The lowest BCUT2D eigenvalue weighted by molar-refractivity contribution is 0.208. The third-order valence-corrected chi connectivity index (χ3v) is 5.29. The first-order chi connectivity index (χ1) is 12.8. The molecule has 0 aromatic heterocycles. The molecule has 2 amide bonds. The minimum absolute atomic E-state index is 0.0273. The Hall–Kier alpha value is -2.20. The van der Waals surface area contributed by atoms with E-state index in [4.69, 9.17) is 11.6 Å². The van der Waals surface area contributed by atoms with Gasteiger partial charge in [-0.05, 0) is 41.7 Å². The van der Waals surface area contributed by atoms with E-state index in [9.17, 15) is 4.79 Å². The van der Waals surface area contributed by atoms with Crippen molar-refractivity contribution in [2.75, 3.05) is 36.4 Å². The molecule has 4 nitrogen and oxygen atoms in total. The van der Waals surface area contributed by atoms with E-state index in [2.05, 4.69) is 49.2 Å². The largest absolute Gasteiger partial charge is 0.368 e. The fourth-order valence-corrected chi connectivity index (χ4v) is 3.67. The van der Waals surface area contributed by atoms with Crippen LogP contribution in [0.5, 0.6) is 0 Å². The molecule has 1 fully saturated rings. The van der Waals surface area contributed by atoms with E-state index < -0.39 is 0 Å². The van der Waals surface area contributed by atoms with Crippen LogP contribution in [0.3, 0.4) is 0 Å². The van der Waals surface area contributed by atoms with Crippen molar-refractivity contribution in [3.05, 3.63) is 58.6 Å². The molecule has 1 saturated heterocycles. The molecule has 0 aliphatic carbocycles. The lowest BCUT2D eigenvalue weighted by atomic mass is 9.84. The second-order valence-electron chi connectivity index (χ2n) is 8.13. The summed E-state index contributed by atoms with van der Waals surface area (Å²) in [5.74, 6) is 0. The van der Waals surface area contributed by atoms with Crippen molar-refractivity contribution in [1.82, 2.24) is 4.90 Å². The molecule has 0 atom stereocenters. The third kappa shape index (κ3) is 4.56. The Morgan fingerprint density at radius 1 is 1.04 bits per heavy atom. The average molecular weight is 386 g/mol. The van der Waals surface area contributed by atoms with Gasteiger partial charge in [-0.25, -0.2) is 4.79 Å². The van der Waals surface area contributed by atoms with Gasteiger partial charge in [-0.3, -0.25) is 0 Å². The number of nitrogens with zero attached hydrogens (tertiary/aromatic N) is 2. The maximum absolute atomic E-state index is 12.9. The first-order valence-corrected chi connectivity index (χ1v) is 9.80. The number of para-hydroxylation sites is 1. The number of hydrogen-bond acceptors (Lipinski definition) is 2. The summed E-state index contributed by atoms with van der Waals surface area (Å²) in [7, 11) is 0. The molecular formula is C22H28ClN3O. The van der Waals surface area contributed by atoms with Crippen LogP contribution >= 0.6 is 11.6 Å².